The third kappa shape index (κ3) is 3.87. The number of benzene rings is 1. The molecule has 4 rings (SSSR count). The van der Waals surface area contributed by atoms with Crippen molar-refractivity contribution in [1.82, 2.24) is 20.0 Å². The zero-order valence-corrected chi connectivity index (χ0v) is 16.3. The minimum Gasteiger partial charge on any atom is -0.493 e. The molecule has 3 aromatic rings. The molecule has 2 heterocycles. The number of ether oxygens (including phenoxy) is 2. The van der Waals surface area contributed by atoms with E-state index in [9.17, 15) is 9.59 Å². The predicted octanol–water partition coefficient (Wildman–Crippen LogP) is 2.17. The topological polar surface area (TPSA) is 94.0 Å². The number of nitrogens with one attached hydrogen (secondary N) is 2. The van der Waals surface area contributed by atoms with E-state index in [2.05, 4.69) is 15.6 Å². The highest BCUT2D eigenvalue weighted by molar-refractivity contribution is 6.02. The van der Waals surface area contributed by atoms with Crippen molar-refractivity contribution in [2.45, 2.75) is 25.4 Å². The second kappa shape index (κ2) is 7.83. The van der Waals surface area contributed by atoms with Gasteiger partial charge in [0.25, 0.3) is 11.8 Å². The Morgan fingerprint density at radius 3 is 2.62 bits per heavy atom. The van der Waals surface area contributed by atoms with E-state index in [-0.39, 0.29) is 35.9 Å². The van der Waals surface area contributed by atoms with Crippen molar-refractivity contribution in [2.75, 3.05) is 14.2 Å². The van der Waals surface area contributed by atoms with Crippen molar-refractivity contribution in [2.24, 2.45) is 0 Å². The van der Waals surface area contributed by atoms with Crippen LogP contribution in [0.15, 0.2) is 42.6 Å². The molecule has 29 heavy (non-hydrogen) atoms. The second-order valence-corrected chi connectivity index (χ2v) is 6.86. The summed E-state index contributed by atoms with van der Waals surface area (Å²) in [6.45, 7) is 0.282. The fraction of sp³-hybridized carbons (Fsp3) is 0.286. The largest absolute Gasteiger partial charge is 0.493 e. The van der Waals surface area contributed by atoms with Crippen LogP contribution in [0.2, 0.25) is 0 Å². The van der Waals surface area contributed by atoms with E-state index in [0.717, 1.165) is 18.4 Å². The molecule has 0 bridgehead atoms. The van der Waals surface area contributed by atoms with Gasteiger partial charge in [0.2, 0.25) is 5.82 Å². The van der Waals surface area contributed by atoms with Crippen LogP contribution in [0.25, 0.3) is 5.52 Å². The standard InChI is InChI=1S/C21H22N4O4/c1-28-16-9-6-13(11-17(16)29-2)12-22-21(27)19-24-18(20(26)23-14-7-8-14)15-5-3-4-10-25(15)19/h3-6,9-11,14H,7-8,12H2,1-2H3,(H,22,27)(H,23,26). The van der Waals surface area contributed by atoms with Gasteiger partial charge in [-0.15, -0.1) is 0 Å². The van der Waals surface area contributed by atoms with E-state index in [4.69, 9.17) is 9.47 Å². The fourth-order valence-electron chi connectivity index (χ4n) is 3.10. The highest BCUT2D eigenvalue weighted by Gasteiger charge is 2.27. The Labute approximate surface area is 167 Å². The van der Waals surface area contributed by atoms with E-state index < -0.39 is 0 Å². The average molecular weight is 394 g/mol. The summed E-state index contributed by atoms with van der Waals surface area (Å²) in [7, 11) is 3.13. The molecule has 1 aromatic carbocycles. The molecular formula is C21H22N4O4. The first-order valence-corrected chi connectivity index (χ1v) is 9.37. The third-order valence-corrected chi connectivity index (χ3v) is 4.78. The van der Waals surface area contributed by atoms with Crippen molar-refractivity contribution in [3.05, 3.63) is 59.7 Å². The Balaban J connectivity index is 1.55. The lowest BCUT2D eigenvalue weighted by atomic mass is 10.2. The van der Waals surface area contributed by atoms with E-state index in [0.29, 0.717) is 17.0 Å². The number of carbonyl (C=O) groups is 2. The molecule has 8 nitrogen and oxygen atoms in total. The van der Waals surface area contributed by atoms with Crippen LogP contribution >= 0.6 is 0 Å². The number of aromatic nitrogens is 2. The molecule has 0 unspecified atom stereocenters. The third-order valence-electron chi connectivity index (χ3n) is 4.78. The molecule has 1 aliphatic carbocycles. The molecule has 1 aliphatic rings. The van der Waals surface area contributed by atoms with Crippen LogP contribution in [-0.4, -0.2) is 41.5 Å². The maximum absolute atomic E-state index is 12.8. The van der Waals surface area contributed by atoms with Gasteiger partial charge in [0.05, 0.1) is 19.7 Å². The number of hydrogen-bond donors (Lipinski definition) is 2. The number of nitrogens with zero attached hydrogens (tertiary/aromatic N) is 2. The molecule has 0 atom stereocenters. The van der Waals surface area contributed by atoms with Crippen molar-refractivity contribution in [1.29, 1.82) is 0 Å². The molecule has 8 heteroatoms. The lowest BCUT2D eigenvalue weighted by Crippen LogP contribution is -2.27. The normalized spacial score (nSPS) is 13.2. The molecule has 0 spiro atoms. The van der Waals surface area contributed by atoms with Gasteiger partial charge in [-0.05, 0) is 42.7 Å². The highest BCUT2D eigenvalue weighted by Crippen LogP contribution is 2.27. The minimum atomic E-state index is -0.369. The maximum Gasteiger partial charge on any atom is 0.287 e. The van der Waals surface area contributed by atoms with Gasteiger partial charge in [0.15, 0.2) is 17.2 Å². The summed E-state index contributed by atoms with van der Waals surface area (Å²) in [6, 6.07) is 11.0. The summed E-state index contributed by atoms with van der Waals surface area (Å²) >= 11 is 0. The molecule has 0 aliphatic heterocycles. The Hall–Kier alpha value is -3.55. The van der Waals surface area contributed by atoms with Crippen molar-refractivity contribution in [3.8, 4) is 11.5 Å². The summed E-state index contributed by atoms with van der Waals surface area (Å²) in [6.07, 6.45) is 3.69. The quantitative estimate of drug-likeness (QED) is 0.641. The highest BCUT2D eigenvalue weighted by atomic mass is 16.5. The van der Waals surface area contributed by atoms with Gasteiger partial charge in [-0.2, -0.15) is 0 Å². The molecular weight excluding hydrogens is 372 g/mol. The van der Waals surface area contributed by atoms with Gasteiger partial charge in [-0.1, -0.05) is 12.1 Å². The molecule has 0 radical (unpaired) electrons. The van der Waals surface area contributed by atoms with Gasteiger partial charge in [-0.3, -0.25) is 14.0 Å². The fourth-order valence-corrected chi connectivity index (χ4v) is 3.10. The number of pyridine rings is 1. The van der Waals surface area contributed by atoms with Gasteiger partial charge >= 0.3 is 0 Å². The van der Waals surface area contributed by atoms with Crippen molar-refractivity contribution in [3.63, 3.8) is 0 Å². The van der Waals surface area contributed by atoms with Crippen LogP contribution in [0.4, 0.5) is 0 Å². The first kappa shape index (κ1) is 18.8. The van der Waals surface area contributed by atoms with Crippen LogP contribution in [0.5, 0.6) is 11.5 Å². The Morgan fingerprint density at radius 1 is 1.10 bits per heavy atom. The molecule has 2 N–H and O–H groups in total. The van der Waals surface area contributed by atoms with Gasteiger partial charge < -0.3 is 20.1 Å². The summed E-state index contributed by atoms with van der Waals surface area (Å²) < 4.78 is 12.2. The molecule has 2 amide bonds. The van der Waals surface area contributed by atoms with Gasteiger partial charge in [-0.25, -0.2) is 4.98 Å². The summed E-state index contributed by atoms with van der Waals surface area (Å²) in [5.41, 5.74) is 1.71. The molecule has 2 aromatic heterocycles. The van der Waals surface area contributed by atoms with E-state index >= 15 is 0 Å². The Bertz CT molecular complexity index is 1070. The van der Waals surface area contributed by atoms with Gasteiger partial charge in [0, 0.05) is 18.8 Å². The Morgan fingerprint density at radius 2 is 1.90 bits per heavy atom. The number of amides is 2. The molecule has 150 valence electrons. The van der Waals surface area contributed by atoms with E-state index in [1.165, 1.54) is 0 Å². The first-order valence-electron chi connectivity index (χ1n) is 9.37. The van der Waals surface area contributed by atoms with Gasteiger partial charge in [0.1, 0.15) is 0 Å². The summed E-state index contributed by atoms with van der Waals surface area (Å²) in [5, 5.41) is 5.77. The van der Waals surface area contributed by atoms with Crippen molar-refractivity contribution >= 4 is 17.3 Å². The zero-order valence-electron chi connectivity index (χ0n) is 16.3. The lowest BCUT2D eigenvalue weighted by Gasteiger charge is -2.10. The lowest BCUT2D eigenvalue weighted by molar-refractivity contribution is 0.0939. The maximum atomic E-state index is 12.8. The number of rotatable bonds is 7. The SMILES string of the molecule is COc1ccc(CNC(=O)c2nc(C(=O)NC3CC3)c3ccccn23)cc1OC. The number of methoxy groups -OCH3 is 2. The van der Waals surface area contributed by atoms with Crippen molar-refractivity contribution < 1.29 is 19.1 Å². The molecule has 1 fully saturated rings. The van der Waals surface area contributed by atoms with Crippen LogP contribution < -0.4 is 20.1 Å². The van der Waals surface area contributed by atoms with Crippen LogP contribution in [0.1, 0.15) is 39.5 Å². The Kier molecular flexibility index (Phi) is 5.07. The molecule has 1 saturated carbocycles. The number of imidazole rings is 1. The zero-order chi connectivity index (χ0) is 20.4. The van der Waals surface area contributed by atoms with Crippen LogP contribution in [0.3, 0.4) is 0 Å². The predicted molar refractivity (Wildman–Crippen MR) is 106 cm³/mol. The minimum absolute atomic E-state index is 0.169. The monoisotopic (exact) mass is 394 g/mol. The number of carbonyl (C=O) groups excluding carboxylic acids is 2. The average Bonchev–Trinajstić information content (AvgIpc) is 3.48. The van der Waals surface area contributed by atoms with Crippen LogP contribution in [-0.2, 0) is 6.54 Å². The van der Waals surface area contributed by atoms with E-state index in [1.807, 2.05) is 12.1 Å². The van der Waals surface area contributed by atoms with E-state index in [1.54, 1.807) is 49.1 Å². The number of fused-ring (bicyclic) bond motifs is 1. The first-order chi connectivity index (χ1) is 14.1. The van der Waals surface area contributed by atoms with Crippen LogP contribution in [0, 0.1) is 0 Å². The summed E-state index contributed by atoms with van der Waals surface area (Å²) in [4.78, 5) is 29.6. The molecule has 0 saturated heterocycles. The smallest absolute Gasteiger partial charge is 0.287 e. The number of hydrogen-bond acceptors (Lipinski definition) is 5. The summed E-state index contributed by atoms with van der Waals surface area (Å²) in [5.74, 6) is 0.751. The second-order valence-electron chi connectivity index (χ2n) is 6.86.